The Morgan fingerprint density at radius 2 is 1.88 bits per heavy atom. The Bertz CT molecular complexity index is 821. The monoisotopic (exact) mass is 340 g/mol. The van der Waals surface area contributed by atoms with E-state index in [2.05, 4.69) is 9.97 Å². The molecular weight excluding hydrogens is 320 g/mol. The number of hydrogen-bond donors (Lipinski definition) is 4. The predicted molar refractivity (Wildman–Crippen MR) is 92.9 cm³/mol. The van der Waals surface area contributed by atoms with Crippen LogP contribution >= 0.6 is 0 Å². The molecule has 1 unspecified atom stereocenters. The van der Waals surface area contributed by atoms with Crippen LogP contribution in [0.15, 0.2) is 48.7 Å². The third kappa shape index (κ3) is 3.41. The molecule has 1 atom stereocenters. The molecule has 2 aromatic carbocycles. The van der Waals surface area contributed by atoms with Gasteiger partial charge in [-0.25, -0.2) is 4.98 Å². The molecule has 4 N–H and O–H groups in total. The summed E-state index contributed by atoms with van der Waals surface area (Å²) in [6, 6.07) is 12.9. The molecule has 0 saturated carbocycles. The van der Waals surface area contributed by atoms with Crippen molar-refractivity contribution in [3.05, 3.63) is 71.0 Å². The van der Waals surface area contributed by atoms with Crippen LogP contribution in [0, 0.1) is 0 Å². The molecule has 130 valence electrons. The second kappa shape index (κ2) is 7.48. The van der Waals surface area contributed by atoms with Crippen LogP contribution in [0.25, 0.3) is 11.4 Å². The average molecular weight is 340 g/mol. The Balaban J connectivity index is 1.96. The van der Waals surface area contributed by atoms with Crippen molar-refractivity contribution >= 4 is 0 Å². The van der Waals surface area contributed by atoms with Gasteiger partial charge in [0, 0.05) is 11.1 Å². The van der Waals surface area contributed by atoms with Gasteiger partial charge in [0.05, 0.1) is 32.2 Å². The molecule has 0 aliphatic rings. The lowest BCUT2D eigenvalue weighted by Gasteiger charge is -2.16. The molecule has 6 heteroatoms. The number of methoxy groups -OCH3 is 1. The minimum atomic E-state index is -0.961. The van der Waals surface area contributed by atoms with Gasteiger partial charge in [-0.15, -0.1) is 0 Å². The normalized spacial score (nSPS) is 12.2. The molecule has 25 heavy (non-hydrogen) atoms. The maximum absolute atomic E-state index is 10.7. The van der Waals surface area contributed by atoms with E-state index in [0.717, 1.165) is 5.56 Å². The number of rotatable bonds is 6. The van der Waals surface area contributed by atoms with Gasteiger partial charge >= 0.3 is 0 Å². The van der Waals surface area contributed by atoms with E-state index < -0.39 is 6.10 Å². The van der Waals surface area contributed by atoms with E-state index in [1.165, 1.54) is 7.11 Å². The molecule has 0 spiro atoms. The fourth-order valence-electron chi connectivity index (χ4n) is 2.78. The molecule has 1 heterocycles. The Labute approximate surface area is 145 Å². The van der Waals surface area contributed by atoms with Crippen molar-refractivity contribution in [2.45, 2.75) is 19.3 Å². The van der Waals surface area contributed by atoms with Crippen molar-refractivity contribution in [2.75, 3.05) is 7.11 Å². The molecule has 0 aliphatic heterocycles. The van der Waals surface area contributed by atoms with Crippen molar-refractivity contribution < 1.29 is 20.1 Å². The number of aliphatic hydroxyl groups excluding tert-OH is 3. The van der Waals surface area contributed by atoms with Crippen LogP contribution in [0.5, 0.6) is 5.75 Å². The van der Waals surface area contributed by atoms with Gasteiger partial charge in [-0.05, 0) is 23.3 Å². The number of imidazole rings is 1. The zero-order chi connectivity index (χ0) is 17.8. The molecule has 0 radical (unpaired) electrons. The smallest absolute Gasteiger partial charge is 0.137 e. The quantitative estimate of drug-likeness (QED) is 0.551. The van der Waals surface area contributed by atoms with Gasteiger partial charge in [-0.3, -0.25) is 0 Å². The van der Waals surface area contributed by atoms with Crippen LogP contribution in [-0.2, 0) is 13.2 Å². The fraction of sp³-hybridized carbons (Fsp3) is 0.211. The number of aliphatic hydroxyl groups is 3. The number of nitrogens with zero attached hydrogens (tertiary/aromatic N) is 1. The van der Waals surface area contributed by atoms with E-state index in [1.54, 1.807) is 18.3 Å². The first-order valence-corrected chi connectivity index (χ1v) is 7.87. The van der Waals surface area contributed by atoms with Crippen LogP contribution in [0.1, 0.15) is 28.5 Å². The number of ether oxygens (including phenoxy) is 1. The molecule has 0 bridgehead atoms. The van der Waals surface area contributed by atoms with Crippen LogP contribution in [0.2, 0.25) is 0 Å². The molecular formula is C19H20N2O4. The summed E-state index contributed by atoms with van der Waals surface area (Å²) in [4.78, 5) is 7.43. The summed E-state index contributed by atoms with van der Waals surface area (Å²) < 4.78 is 5.27. The molecule has 3 rings (SSSR count). The zero-order valence-electron chi connectivity index (χ0n) is 13.8. The summed E-state index contributed by atoms with van der Waals surface area (Å²) in [6.45, 7) is -0.511. The Kier molecular flexibility index (Phi) is 5.14. The first-order chi connectivity index (χ1) is 12.2. The van der Waals surface area contributed by atoms with Crippen molar-refractivity contribution in [3.63, 3.8) is 0 Å². The topological polar surface area (TPSA) is 98.6 Å². The number of aromatic nitrogens is 2. The maximum atomic E-state index is 10.7. The zero-order valence-corrected chi connectivity index (χ0v) is 13.8. The van der Waals surface area contributed by atoms with Gasteiger partial charge in [0.2, 0.25) is 0 Å². The Morgan fingerprint density at radius 1 is 1.12 bits per heavy atom. The molecule has 0 saturated heterocycles. The lowest BCUT2D eigenvalue weighted by molar-refractivity contribution is 0.213. The third-order valence-electron chi connectivity index (χ3n) is 4.13. The number of H-pyrrole nitrogens is 1. The lowest BCUT2D eigenvalue weighted by Crippen LogP contribution is -2.05. The number of benzene rings is 2. The molecule has 0 aliphatic carbocycles. The highest BCUT2D eigenvalue weighted by molar-refractivity contribution is 5.55. The molecule has 0 amide bonds. The van der Waals surface area contributed by atoms with Crippen LogP contribution in [0.4, 0.5) is 0 Å². The largest absolute Gasteiger partial charge is 0.496 e. The number of nitrogens with one attached hydrogen (secondary N) is 1. The minimum absolute atomic E-state index is 0.252. The molecule has 1 aromatic heterocycles. The lowest BCUT2D eigenvalue weighted by atomic mass is 9.99. The van der Waals surface area contributed by atoms with Crippen LogP contribution in [-0.4, -0.2) is 32.4 Å². The van der Waals surface area contributed by atoms with Crippen molar-refractivity contribution in [2.24, 2.45) is 0 Å². The maximum Gasteiger partial charge on any atom is 0.137 e. The summed E-state index contributed by atoms with van der Waals surface area (Å²) >= 11 is 0. The predicted octanol–water partition coefficient (Wildman–Crippen LogP) is 2.15. The van der Waals surface area contributed by atoms with Crippen molar-refractivity contribution in [1.29, 1.82) is 0 Å². The standard InChI is InChI=1S/C19H20N2O4/c1-25-17-8-13(7-14(10-22)15(17)11-23)18(24)16-9-20-19(21-16)12-5-3-2-4-6-12/h2-9,18,22-24H,10-11H2,1H3,(H,20,21). The molecule has 3 aromatic rings. The van der Waals surface area contributed by atoms with Gasteiger partial charge in [0.15, 0.2) is 0 Å². The van der Waals surface area contributed by atoms with E-state index in [1.807, 2.05) is 30.3 Å². The number of aromatic amines is 1. The van der Waals surface area contributed by atoms with Gasteiger partial charge in [0.1, 0.15) is 17.7 Å². The van der Waals surface area contributed by atoms with Crippen LogP contribution < -0.4 is 4.74 Å². The summed E-state index contributed by atoms with van der Waals surface area (Å²) in [5, 5.41) is 29.7. The average Bonchev–Trinajstić information content (AvgIpc) is 3.17. The SMILES string of the molecule is COc1cc(C(O)c2cnc(-c3ccccc3)[nH]2)cc(CO)c1CO. The van der Waals surface area contributed by atoms with Gasteiger partial charge in [-0.1, -0.05) is 30.3 Å². The van der Waals surface area contributed by atoms with Gasteiger partial charge in [-0.2, -0.15) is 0 Å². The van der Waals surface area contributed by atoms with E-state index in [0.29, 0.717) is 34.0 Å². The summed E-state index contributed by atoms with van der Waals surface area (Å²) in [5.41, 5.74) is 3.02. The first kappa shape index (κ1) is 17.2. The Hall–Kier alpha value is -2.67. The van der Waals surface area contributed by atoms with Crippen LogP contribution in [0.3, 0.4) is 0 Å². The van der Waals surface area contributed by atoms with E-state index in [-0.39, 0.29) is 13.2 Å². The van der Waals surface area contributed by atoms with Gasteiger partial charge < -0.3 is 25.0 Å². The van der Waals surface area contributed by atoms with E-state index >= 15 is 0 Å². The van der Waals surface area contributed by atoms with Crippen molar-refractivity contribution in [3.8, 4) is 17.1 Å². The third-order valence-corrected chi connectivity index (χ3v) is 4.13. The number of hydrogen-bond acceptors (Lipinski definition) is 5. The van der Waals surface area contributed by atoms with Crippen molar-refractivity contribution in [1.82, 2.24) is 9.97 Å². The second-order valence-corrected chi connectivity index (χ2v) is 5.63. The first-order valence-electron chi connectivity index (χ1n) is 7.87. The highest BCUT2D eigenvalue weighted by atomic mass is 16.5. The van der Waals surface area contributed by atoms with E-state index in [4.69, 9.17) is 4.74 Å². The second-order valence-electron chi connectivity index (χ2n) is 5.63. The molecule has 6 nitrogen and oxygen atoms in total. The molecule has 0 fully saturated rings. The highest BCUT2D eigenvalue weighted by Crippen LogP contribution is 2.31. The fourth-order valence-corrected chi connectivity index (χ4v) is 2.78. The summed E-state index contributed by atoms with van der Waals surface area (Å²) in [5.74, 6) is 1.09. The van der Waals surface area contributed by atoms with E-state index in [9.17, 15) is 15.3 Å². The van der Waals surface area contributed by atoms with Gasteiger partial charge in [0.25, 0.3) is 0 Å². The highest BCUT2D eigenvalue weighted by Gasteiger charge is 2.18. The minimum Gasteiger partial charge on any atom is -0.496 e. The Morgan fingerprint density at radius 3 is 2.52 bits per heavy atom. The summed E-state index contributed by atoms with van der Waals surface area (Å²) in [6.07, 6.45) is 0.620. The summed E-state index contributed by atoms with van der Waals surface area (Å²) in [7, 11) is 1.48.